The van der Waals surface area contributed by atoms with Gasteiger partial charge in [0.2, 0.25) is 5.91 Å². The summed E-state index contributed by atoms with van der Waals surface area (Å²) in [5.41, 5.74) is 4.20. The number of benzene rings is 1. The Morgan fingerprint density at radius 3 is 2.47 bits per heavy atom. The molecule has 0 saturated carbocycles. The van der Waals surface area contributed by atoms with Crippen LogP contribution in [0, 0.1) is 11.6 Å². The highest BCUT2D eigenvalue weighted by Gasteiger charge is 2.15. The van der Waals surface area contributed by atoms with Crippen LogP contribution in [0.5, 0.6) is 0 Å². The van der Waals surface area contributed by atoms with E-state index < -0.39 is 29.0 Å². The summed E-state index contributed by atoms with van der Waals surface area (Å²) in [6.07, 6.45) is 0.806. The van der Waals surface area contributed by atoms with E-state index in [9.17, 15) is 18.4 Å². The molecule has 1 aromatic rings. The third-order valence-corrected chi connectivity index (χ3v) is 2.07. The first-order valence-corrected chi connectivity index (χ1v) is 5.04. The van der Waals surface area contributed by atoms with Crippen LogP contribution >= 0.6 is 0 Å². The van der Waals surface area contributed by atoms with E-state index in [1.54, 1.807) is 6.92 Å². The third kappa shape index (κ3) is 3.24. The number of carbonyl (C=O) groups excluding carboxylic acids is 2. The van der Waals surface area contributed by atoms with Gasteiger partial charge in [-0.05, 0) is 12.5 Å². The van der Waals surface area contributed by atoms with Gasteiger partial charge in [-0.25, -0.2) is 8.78 Å². The second-order valence-corrected chi connectivity index (χ2v) is 3.47. The number of hydrogen-bond acceptors (Lipinski definition) is 2. The van der Waals surface area contributed by atoms with E-state index in [0.29, 0.717) is 12.5 Å². The van der Waals surface area contributed by atoms with Crippen LogP contribution in [0.1, 0.15) is 30.1 Å². The molecule has 0 aliphatic heterocycles. The molecule has 0 radical (unpaired) electrons. The summed E-state index contributed by atoms with van der Waals surface area (Å²) < 4.78 is 26.4. The highest BCUT2D eigenvalue weighted by molar-refractivity contribution is 5.96. The Labute approximate surface area is 96.8 Å². The fourth-order valence-corrected chi connectivity index (χ4v) is 1.27. The summed E-state index contributed by atoms with van der Waals surface area (Å²) in [6.45, 7) is 1.79. The fourth-order valence-electron chi connectivity index (χ4n) is 1.27. The number of amides is 2. The van der Waals surface area contributed by atoms with E-state index in [1.807, 2.05) is 0 Å². The standard InChI is InChI=1S/C11H12F2N2O2/c1-2-3-10(16)15-9-4-6(11(14)17)7(12)5-8(9)13/h4-5H,2-3H2,1H3,(H2,14,17)(H,15,16). The molecule has 0 aliphatic carbocycles. The highest BCUT2D eigenvalue weighted by atomic mass is 19.1. The zero-order chi connectivity index (χ0) is 13.0. The van der Waals surface area contributed by atoms with Crippen LogP contribution in [0.25, 0.3) is 0 Å². The largest absolute Gasteiger partial charge is 0.366 e. The number of nitrogens with two attached hydrogens (primary N) is 1. The molecule has 2 amide bonds. The molecule has 17 heavy (non-hydrogen) atoms. The summed E-state index contributed by atoms with van der Waals surface area (Å²) in [7, 11) is 0. The summed E-state index contributed by atoms with van der Waals surface area (Å²) >= 11 is 0. The van der Waals surface area contributed by atoms with Crippen LogP contribution in [0.15, 0.2) is 12.1 Å². The zero-order valence-corrected chi connectivity index (χ0v) is 9.22. The Morgan fingerprint density at radius 1 is 1.29 bits per heavy atom. The first-order chi connectivity index (χ1) is 7.95. The number of carbonyl (C=O) groups is 2. The SMILES string of the molecule is CCCC(=O)Nc1cc(C(N)=O)c(F)cc1F. The number of rotatable bonds is 4. The van der Waals surface area contributed by atoms with E-state index in [1.165, 1.54) is 0 Å². The van der Waals surface area contributed by atoms with E-state index in [2.05, 4.69) is 5.32 Å². The molecule has 0 aromatic heterocycles. The van der Waals surface area contributed by atoms with Crippen molar-refractivity contribution >= 4 is 17.5 Å². The lowest BCUT2D eigenvalue weighted by Gasteiger charge is -2.07. The lowest BCUT2D eigenvalue weighted by molar-refractivity contribution is -0.116. The molecule has 92 valence electrons. The second kappa shape index (κ2) is 5.38. The van der Waals surface area contributed by atoms with Crippen molar-refractivity contribution in [2.75, 3.05) is 5.32 Å². The van der Waals surface area contributed by atoms with Crippen LogP contribution < -0.4 is 11.1 Å². The molecule has 0 spiro atoms. The Morgan fingerprint density at radius 2 is 1.94 bits per heavy atom. The topological polar surface area (TPSA) is 72.2 Å². The molecule has 0 aliphatic rings. The van der Waals surface area contributed by atoms with Crippen LogP contribution in [-0.4, -0.2) is 11.8 Å². The van der Waals surface area contributed by atoms with Crippen molar-refractivity contribution in [3.05, 3.63) is 29.3 Å². The predicted octanol–water partition coefficient (Wildman–Crippen LogP) is 1.80. The molecule has 0 atom stereocenters. The summed E-state index contributed by atoms with van der Waals surface area (Å²) in [6, 6.07) is 1.40. The lowest BCUT2D eigenvalue weighted by Crippen LogP contribution is -2.16. The molecule has 3 N–H and O–H groups in total. The summed E-state index contributed by atoms with van der Waals surface area (Å²) in [5.74, 6) is -3.43. The molecule has 0 unspecified atom stereocenters. The van der Waals surface area contributed by atoms with Crippen molar-refractivity contribution < 1.29 is 18.4 Å². The Bertz CT molecular complexity index is 461. The Hall–Kier alpha value is -1.98. The van der Waals surface area contributed by atoms with Gasteiger partial charge in [-0.3, -0.25) is 9.59 Å². The molecule has 6 heteroatoms. The van der Waals surface area contributed by atoms with Crippen molar-refractivity contribution in [1.82, 2.24) is 0 Å². The minimum atomic E-state index is -1.05. The van der Waals surface area contributed by atoms with Gasteiger partial charge in [0, 0.05) is 12.5 Å². The predicted molar refractivity (Wildman–Crippen MR) is 58.4 cm³/mol. The number of nitrogens with one attached hydrogen (secondary N) is 1. The Balaban J connectivity index is 3.03. The van der Waals surface area contributed by atoms with Gasteiger partial charge in [-0.15, -0.1) is 0 Å². The minimum Gasteiger partial charge on any atom is -0.366 e. The fraction of sp³-hybridized carbons (Fsp3) is 0.273. The molecular weight excluding hydrogens is 230 g/mol. The van der Waals surface area contributed by atoms with Crippen molar-refractivity contribution in [3.63, 3.8) is 0 Å². The number of anilines is 1. The summed E-state index contributed by atoms with van der Waals surface area (Å²) in [4.78, 5) is 22.1. The van der Waals surface area contributed by atoms with Gasteiger partial charge >= 0.3 is 0 Å². The quantitative estimate of drug-likeness (QED) is 0.845. The van der Waals surface area contributed by atoms with Crippen molar-refractivity contribution in [2.24, 2.45) is 5.73 Å². The van der Waals surface area contributed by atoms with E-state index >= 15 is 0 Å². The first-order valence-electron chi connectivity index (χ1n) is 5.04. The number of halogens is 2. The molecule has 0 fully saturated rings. The van der Waals surface area contributed by atoms with Crippen molar-refractivity contribution in [3.8, 4) is 0 Å². The Kier molecular flexibility index (Phi) is 4.14. The van der Waals surface area contributed by atoms with Gasteiger partial charge in [0.05, 0.1) is 11.3 Å². The van der Waals surface area contributed by atoms with Gasteiger partial charge in [0.15, 0.2) is 0 Å². The smallest absolute Gasteiger partial charge is 0.251 e. The van der Waals surface area contributed by atoms with Crippen LogP contribution in [-0.2, 0) is 4.79 Å². The third-order valence-electron chi connectivity index (χ3n) is 2.07. The number of hydrogen-bond donors (Lipinski definition) is 2. The van der Waals surface area contributed by atoms with Crippen LogP contribution in [0.3, 0.4) is 0 Å². The average Bonchev–Trinajstić information content (AvgIpc) is 2.21. The molecule has 1 rings (SSSR count). The minimum absolute atomic E-state index is 0.211. The maximum Gasteiger partial charge on any atom is 0.251 e. The molecule has 0 heterocycles. The van der Waals surface area contributed by atoms with E-state index in [0.717, 1.165) is 6.07 Å². The van der Waals surface area contributed by atoms with Gasteiger partial charge in [-0.2, -0.15) is 0 Å². The average molecular weight is 242 g/mol. The molecule has 0 saturated heterocycles. The molecule has 1 aromatic carbocycles. The maximum absolute atomic E-state index is 13.3. The molecular formula is C11H12F2N2O2. The highest BCUT2D eigenvalue weighted by Crippen LogP contribution is 2.19. The van der Waals surface area contributed by atoms with E-state index in [-0.39, 0.29) is 12.1 Å². The van der Waals surface area contributed by atoms with Gasteiger partial charge in [-0.1, -0.05) is 6.92 Å². The first kappa shape index (κ1) is 13.1. The van der Waals surface area contributed by atoms with Crippen LogP contribution in [0.2, 0.25) is 0 Å². The second-order valence-electron chi connectivity index (χ2n) is 3.47. The summed E-state index contributed by atoms with van der Waals surface area (Å²) in [5, 5.41) is 2.25. The van der Waals surface area contributed by atoms with E-state index in [4.69, 9.17) is 5.73 Å². The zero-order valence-electron chi connectivity index (χ0n) is 9.22. The van der Waals surface area contributed by atoms with Gasteiger partial charge in [0.1, 0.15) is 11.6 Å². The normalized spacial score (nSPS) is 10.1. The van der Waals surface area contributed by atoms with Crippen molar-refractivity contribution in [1.29, 1.82) is 0 Å². The van der Waals surface area contributed by atoms with Gasteiger partial charge in [0.25, 0.3) is 5.91 Å². The molecule has 0 bridgehead atoms. The molecule has 4 nitrogen and oxygen atoms in total. The number of primary amides is 1. The maximum atomic E-state index is 13.3. The van der Waals surface area contributed by atoms with Crippen LogP contribution in [0.4, 0.5) is 14.5 Å². The van der Waals surface area contributed by atoms with Crippen molar-refractivity contribution in [2.45, 2.75) is 19.8 Å². The van der Waals surface area contributed by atoms with Gasteiger partial charge < -0.3 is 11.1 Å². The lowest BCUT2D eigenvalue weighted by atomic mass is 10.1. The monoisotopic (exact) mass is 242 g/mol.